The van der Waals surface area contributed by atoms with Gasteiger partial charge in [0.2, 0.25) is 5.91 Å². The molecule has 1 rings (SSSR count). The molecule has 0 aliphatic rings. The normalized spacial score (nSPS) is 12.2. The minimum atomic E-state index is -4.56. The van der Waals surface area contributed by atoms with Crippen LogP contribution in [0.15, 0.2) is 17.4 Å². The molecule has 9 heteroatoms. The number of aromatic nitrogens is 1. The smallest absolute Gasteiger partial charge is 0.293 e. The zero-order valence-corrected chi connectivity index (χ0v) is 11.8. The van der Waals surface area contributed by atoms with Gasteiger partial charge in [0.1, 0.15) is 5.71 Å². The van der Waals surface area contributed by atoms with Crippen LogP contribution in [0, 0.1) is 0 Å². The number of hydrogen-bond acceptors (Lipinski definition) is 4. The number of carbonyl (C=O) groups is 2. The third kappa shape index (κ3) is 5.14. The first-order chi connectivity index (χ1) is 9.61. The van der Waals surface area contributed by atoms with Gasteiger partial charge in [-0.1, -0.05) is 11.6 Å². The van der Waals surface area contributed by atoms with Crippen molar-refractivity contribution in [3.63, 3.8) is 0 Å². The summed E-state index contributed by atoms with van der Waals surface area (Å²) >= 11 is 5.66. The Morgan fingerprint density at radius 3 is 2.48 bits per heavy atom. The van der Waals surface area contributed by atoms with Crippen LogP contribution < -0.4 is 5.43 Å². The van der Waals surface area contributed by atoms with Crippen LogP contribution in [0.3, 0.4) is 0 Å². The molecule has 1 aromatic heterocycles. The molecular formula is C12H11ClF3N3O2. The molecular weight excluding hydrogens is 311 g/mol. The molecule has 0 saturated heterocycles. The third-order valence-corrected chi connectivity index (χ3v) is 2.76. The molecule has 1 amide bonds. The Balaban J connectivity index is 2.78. The summed E-state index contributed by atoms with van der Waals surface area (Å²) < 4.78 is 37.3. The fourth-order valence-corrected chi connectivity index (χ4v) is 1.40. The molecule has 0 radical (unpaired) electrons. The van der Waals surface area contributed by atoms with Crippen LogP contribution in [0.4, 0.5) is 13.2 Å². The first kappa shape index (κ1) is 17.1. The molecule has 5 nitrogen and oxygen atoms in total. The Bertz CT molecular complexity index is 600. The number of halogens is 4. The van der Waals surface area contributed by atoms with E-state index in [2.05, 4.69) is 15.5 Å². The Labute approximate surface area is 123 Å². The molecule has 1 aromatic rings. The van der Waals surface area contributed by atoms with E-state index in [1.54, 1.807) is 0 Å². The largest absolute Gasteiger partial charge is 0.417 e. The highest BCUT2D eigenvalue weighted by Gasteiger charge is 2.31. The maximum Gasteiger partial charge on any atom is 0.417 e. The van der Waals surface area contributed by atoms with Gasteiger partial charge in [0, 0.05) is 13.1 Å². The van der Waals surface area contributed by atoms with Gasteiger partial charge in [-0.3, -0.25) is 14.6 Å². The lowest BCUT2D eigenvalue weighted by Crippen LogP contribution is -2.23. The zero-order valence-electron chi connectivity index (χ0n) is 11.1. The second-order valence-electron chi connectivity index (χ2n) is 4.12. The molecule has 0 unspecified atom stereocenters. The fourth-order valence-electron chi connectivity index (χ4n) is 1.17. The number of ketones is 1. The van der Waals surface area contributed by atoms with Gasteiger partial charge in [0.15, 0.2) is 5.78 Å². The molecule has 0 spiro atoms. The van der Waals surface area contributed by atoms with Crippen LogP contribution in [0.1, 0.15) is 25.1 Å². The average molecular weight is 322 g/mol. The van der Waals surface area contributed by atoms with E-state index in [1.165, 1.54) is 13.8 Å². The average Bonchev–Trinajstić information content (AvgIpc) is 2.36. The molecule has 21 heavy (non-hydrogen) atoms. The number of Topliss-reactive ketones (excluding diaryl/α,β-unsaturated/α-hetero) is 1. The molecule has 0 bridgehead atoms. The van der Waals surface area contributed by atoms with E-state index < -0.39 is 17.6 Å². The lowest BCUT2D eigenvalue weighted by Gasteiger charge is -2.08. The van der Waals surface area contributed by atoms with Crippen molar-refractivity contribution in [2.75, 3.05) is 0 Å². The van der Waals surface area contributed by atoms with Gasteiger partial charge in [0.05, 0.1) is 22.7 Å². The van der Waals surface area contributed by atoms with Crippen molar-refractivity contribution >= 4 is 29.0 Å². The van der Waals surface area contributed by atoms with E-state index in [-0.39, 0.29) is 28.6 Å². The summed E-state index contributed by atoms with van der Waals surface area (Å²) in [6.45, 7) is 2.69. The summed E-state index contributed by atoms with van der Waals surface area (Å²) in [4.78, 5) is 25.9. The number of amides is 1. The van der Waals surface area contributed by atoms with Gasteiger partial charge in [-0.2, -0.15) is 18.3 Å². The van der Waals surface area contributed by atoms with Gasteiger partial charge in [-0.05, 0) is 13.0 Å². The van der Waals surface area contributed by atoms with Gasteiger partial charge in [-0.15, -0.1) is 0 Å². The minimum absolute atomic E-state index is 0.0159. The molecule has 0 aromatic carbocycles. The van der Waals surface area contributed by atoms with Gasteiger partial charge in [0.25, 0.3) is 0 Å². The molecule has 0 aliphatic heterocycles. The molecule has 0 aliphatic carbocycles. The van der Waals surface area contributed by atoms with Crippen LogP contribution in [-0.4, -0.2) is 22.4 Å². The van der Waals surface area contributed by atoms with Gasteiger partial charge in [-0.25, -0.2) is 5.43 Å². The SMILES string of the molecule is CC(=O)/C(C)=N\NC(=O)Cc1ncc(C(F)(F)F)cc1Cl. The van der Waals surface area contributed by atoms with Crippen molar-refractivity contribution in [3.8, 4) is 0 Å². The highest BCUT2D eigenvalue weighted by Crippen LogP contribution is 2.31. The van der Waals surface area contributed by atoms with Crippen molar-refractivity contribution < 1.29 is 22.8 Å². The van der Waals surface area contributed by atoms with E-state index in [0.717, 1.165) is 0 Å². The number of nitrogens with zero attached hydrogens (tertiary/aromatic N) is 2. The highest BCUT2D eigenvalue weighted by atomic mass is 35.5. The van der Waals surface area contributed by atoms with Crippen LogP contribution >= 0.6 is 11.6 Å². The summed E-state index contributed by atoms with van der Waals surface area (Å²) in [6.07, 6.45) is -4.31. The molecule has 1 heterocycles. The maximum atomic E-state index is 12.4. The Kier molecular flexibility index (Phi) is 5.42. The van der Waals surface area contributed by atoms with Crippen LogP contribution in [0.2, 0.25) is 5.02 Å². The molecule has 1 N–H and O–H groups in total. The van der Waals surface area contributed by atoms with Crippen LogP contribution in [0.5, 0.6) is 0 Å². The number of nitrogens with one attached hydrogen (secondary N) is 1. The van der Waals surface area contributed by atoms with Gasteiger partial charge >= 0.3 is 6.18 Å². The van der Waals surface area contributed by atoms with E-state index >= 15 is 0 Å². The predicted octanol–water partition coefficient (Wildman–Crippen LogP) is 2.38. The predicted molar refractivity (Wildman–Crippen MR) is 69.9 cm³/mol. The van der Waals surface area contributed by atoms with Crippen molar-refractivity contribution in [1.29, 1.82) is 0 Å². The van der Waals surface area contributed by atoms with Crippen molar-refractivity contribution in [3.05, 3.63) is 28.5 Å². The van der Waals surface area contributed by atoms with Crippen molar-refractivity contribution in [2.24, 2.45) is 5.10 Å². The molecule has 114 valence electrons. The summed E-state index contributed by atoms with van der Waals surface area (Å²) in [5.41, 5.74) is 1.17. The monoisotopic (exact) mass is 321 g/mol. The van der Waals surface area contributed by atoms with Crippen molar-refractivity contribution in [1.82, 2.24) is 10.4 Å². The lowest BCUT2D eigenvalue weighted by molar-refractivity contribution is -0.137. The Morgan fingerprint density at radius 2 is 2.00 bits per heavy atom. The topological polar surface area (TPSA) is 71.4 Å². The zero-order chi connectivity index (χ0) is 16.2. The fraction of sp³-hybridized carbons (Fsp3) is 0.333. The summed E-state index contributed by atoms with van der Waals surface area (Å²) in [5.74, 6) is -0.967. The molecule has 0 fully saturated rings. The quantitative estimate of drug-likeness (QED) is 0.683. The maximum absolute atomic E-state index is 12.4. The highest BCUT2D eigenvalue weighted by molar-refractivity contribution is 6.38. The van der Waals surface area contributed by atoms with Crippen molar-refractivity contribution in [2.45, 2.75) is 26.4 Å². The molecule has 0 atom stereocenters. The first-order valence-electron chi connectivity index (χ1n) is 5.67. The standard InChI is InChI=1S/C12H11ClF3N3O2/c1-6(7(2)20)18-19-11(21)4-10-9(13)3-8(5-17-10)12(14,15)16/h3,5H,4H2,1-2H3,(H,19,21)/b18-6-. The number of alkyl halides is 3. The first-order valence-corrected chi connectivity index (χ1v) is 6.04. The van der Waals surface area contributed by atoms with E-state index in [4.69, 9.17) is 11.6 Å². The Hall–Kier alpha value is -1.96. The van der Waals surface area contributed by atoms with Crippen LogP contribution in [-0.2, 0) is 22.2 Å². The number of carbonyl (C=O) groups excluding carboxylic acids is 2. The van der Waals surface area contributed by atoms with E-state index in [1.807, 2.05) is 0 Å². The second kappa shape index (κ2) is 6.66. The summed E-state index contributed by atoms with van der Waals surface area (Å²) in [5, 5.41) is 3.25. The Morgan fingerprint density at radius 1 is 1.38 bits per heavy atom. The summed E-state index contributed by atoms with van der Waals surface area (Å²) in [6, 6.07) is 0.696. The van der Waals surface area contributed by atoms with Gasteiger partial charge < -0.3 is 0 Å². The van der Waals surface area contributed by atoms with E-state index in [9.17, 15) is 22.8 Å². The lowest BCUT2D eigenvalue weighted by atomic mass is 10.2. The second-order valence-corrected chi connectivity index (χ2v) is 4.52. The number of hydrogen-bond donors (Lipinski definition) is 1. The minimum Gasteiger partial charge on any atom is -0.293 e. The number of rotatable bonds is 4. The number of hydrazone groups is 1. The van der Waals surface area contributed by atoms with E-state index in [0.29, 0.717) is 12.3 Å². The molecule has 0 saturated carbocycles. The third-order valence-electron chi connectivity index (χ3n) is 2.43. The number of pyridine rings is 1. The summed E-state index contributed by atoms with van der Waals surface area (Å²) in [7, 11) is 0. The van der Waals surface area contributed by atoms with Crippen LogP contribution in [0.25, 0.3) is 0 Å².